The van der Waals surface area contributed by atoms with Crippen LogP contribution < -0.4 is 5.32 Å². The maximum Gasteiger partial charge on any atom is 0.251 e. The number of likely N-dealkylation sites (tertiary alicyclic amines) is 1. The molecule has 2 aromatic carbocycles. The Labute approximate surface area is 193 Å². The Balaban J connectivity index is 1.57. The van der Waals surface area contributed by atoms with Crippen molar-refractivity contribution in [1.29, 1.82) is 0 Å². The molecule has 2 heterocycles. The minimum absolute atomic E-state index is 0.0170. The van der Waals surface area contributed by atoms with Gasteiger partial charge >= 0.3 is 0 Å². The zero-order valence-electron chi connectivity index (χ0n) is 18.6. The highest BCUT2D eigenvalue weighted by Crippen LogP contribution is 2.27. The lowest BCUT2D eigenvalue weighted by Gasteiger charge is -2.37. The molecular weight excluding hydrogens is 420 g/mol. The van der Waals surface area contributed by atoms with E-state index < -0.39 is 12.1 Å². The molecule has 2 N–H and O–H groups in total. The lowest BCUT2D eigenvalue weighted by atomic mass is 9.95. The molecule has 2 saturated heterocycles. The van der Waals surface area contributed by atoms with E-state index in [0.29, 0.717) is 12.1 Å². The highest BCUT2D eigenvalue weighted by atomic mass is 16.5. The van der Waals surface area contributed by atoms with Gasteiger partial charge < -0.3 is 20.1 Å². The van der Waals surface area contributed by atoms with Crippen molar-refractivity contribution in [3.8, 4) is 5.75 Å². The molecule has 0 aromatic heterocycles. The van der Waals surface area contributed by atoms with Crippen molar-refractivity contribution in [2.24, 2.45) is 0 Å². The van der Waals surface area contributed by atoms with Gasteiger partial charge in [-0.1, -0.05) is 36.4 Å². The molecule has 33 heavy (non-hydrogen) atoms. The number of rotatable bonds is 6. The summed E-state index contributed by atoms with van der Waals surface area (Å²) < 4.78 is 5.58. The number of carbonyl (C=O) groups is 3. The maximum atomic E-state index is 13.6. The van der Waals surface area contributed by atoms with Crippen LogP contribution in [-0.4, -0.2) is 58.9 Å². The molecule has 0 bridgehead atoms. The number of Topliss-reactive ketones (excluding diaryl/α,β-unsaturated/α-hetero) is 1. The van der Waals surface area contributed by atoms with Crippen molar-refractivity contribution in [2.45, 2.75) is 44.4 Å². The molecule has 2 amide bonds. The zero-order valence-corrected chi connectivity index (χ0v) is 18.6. The number of nitrogens with one attached hydrogen (secondary N) is 1. The Bertz CT molecular complexity index is 1060. The number of hydrogen-bond acceptors (Lipinski definition) is 5. The molecule has 7 heteroatoms. The van der Waals surface area contributed by atoms with Gasteiger partial charge in [0.25, 0.3) is 5.91 Å². The van der Waals surface area contributed by atoms with Crippen LogP contribution in [0.4, 0.5) is 0 Å². The number of allylic oxidation sites excluding steroid dienone is 1. The van der Waals surface area contributed by atoms with E-state index in [9.17, 15) is 19.5 Å². The van der Waals surface area contributed by atoms with Crippen molar-refractivity contribution in [3.63, 3.8) is 0 Å². The van der Waals surface area contributed by atoms with Gasteiger partial charge in [-0.15, -0.1) is 0 Å². The molecule has 2 aliphatic rings. The van der Waals surface area contributed by atoms with E-state index in [2.05, 4.69) is 11.9 Å². The number of piperidine rings is 1. The summed E-state index contributed by atoms with van der Waals surface area (Å²) in [5.74, 6) is -0.652. The molecular formula is C26H28N2O5. The average molecular weight is 449 g/mol. The number of hydrogen-bond donors (Lipinski definition) is 2. The number of ether oxygens (including phenoxy) is 1. The van der Waals surface area contributed by atoms with Gasteiger partial charge in [-0.25, -0.2) is 0 Å². The molecule has 0 radical (unpaired) electrons. The minimum atomic E-state index is -0.866. The largest absolute Gasteiger partial charge is 0.508 e. The Hall–Kier alpha value is -3.45. The number of fused-ring (bicyclic) bond motifs is 1. The van der Waals surface area contributed by atoms with E-state index in [-0.39, 0.29) is 42.5 Å². The first kappa shape index (κ1) is 22.7. The van der Waals surface area contributed by atoms with Gasteiger partial charge in [0.1, 0.15) is 24.4 Å². The highest BCUT2D eigenvalue weighted by molar-refractivity contribution is 5.99. The van der Waals surface area contributed by atoms with Crippen molar-refractivity contribution in [2.75, 3.05) is 13.2 Å². The van der Waals surface area contributed by atoms with E-state index in [1.54, 1.807) is 41.3 Å². The normalized spacial score (nSPS) is 20.8. The van der Waals surface area contributed by atoms with Crippen LogP contribution in [0.3, 0.4) is 0 Å². The summed E-state index contributed by atoms with van der Waals surface area (Å²) >= 11 is 0. The topological polar surface area (TPSA) is 95.9 Å². The Morgan fingerprint density at radius 2 is 1.82 bits per heavy atom. The summed E-state index contributed by atoms with van der Waals surface area (Å²) in [5, 5.41) is 12.5. The SMILES string of the molecule is C=C(C)c1ccc(C(=O)N[C@@H](Cc2ccc(O)cc2)C(=O)N2CCC[C@H]3OCC(=O)[C@H]32)cc1. The predicted octanol–water partition coefficient (Wildman–Crippen LogP) is 2.73. The third-order valence-corrected chi connectivity index (χ3v) is 6.25. The second-order valence-electron chi connectivity index (χ2n) is 8.69. The van der Waals surface area contributed by atoms with Gasteiger partial charge in [-0.05, 0) is 55.2 Å². The number of phenols is 1. The monoisotopic (exact) mass is 448 g/mol. The molecule has 0 unspecified atom stereocenters. The summed E-state index contributed by atoms with van der Waals surface area (Å²) in [4.78, 5) is 40.6. The number of ketones is 1. The first-order valence-electron chi connectivity index (χ1n) is 11.1. The number of aromatic hydroxyl groups is 1. The quantitative estimate of drug-likeness (QED) is 0.709. The van der Waals surface area contributed by atoms with Crippen LogP contribution in [0.1, 0.15) is 41.3 Å². The smallest absolute Gasteiger partial charge is 0.251 e. The standard InChI is InChI=1S/C26H28N2O5/c1-16(2)18-7-9-19(10-8-18)25(31)27-21(14-17-5-11-20(29)12-6-17)26(32)28-13-3-4-23-24(28)22(30)15-33-23/h5-12,21,23-24,29H,1,3-4,13-15H2,2H3,(H,27,31)/t21-,23+,24+/m0/s1. The van der Waals surface area contributed by atoms with E-state index in [1.165, 1.54) is 0 Å². The average Bonchev–Trinajstić information content (AvgIpc) is 3.20. The Kier molecular flexibility index (Phi) is 6.60. The lowest BCUT2D eigenvalue weighted by Crippen LogP contribution is -2.58. The summed E-state index contributed by atoms with van der Waals surface area (Å²) in [6.07, 6.45) is 1.43. The summed E-state index contributed by atoms with van der Waals surface area (Å²) in [6, 6.07) is 12.1. The summed E-state index contributed by atoms with van der Waals surface area (Å²) in [6.45, 7) is 6.26. The van der Waals surface area contributed by atoms with Gasteiger partial charge in [0.15, 0.2) is 5.78 Å². The van der Waals surface area contributed by atoms with Gasteiger partial charge in [-0.3, -0.25) is 14.4 Å². The molecule has 2 aliphatic heterocycles. The summed E-state index contributed by atoms with van der Waals surface area (Å²) in [5.41, 5.74) is 3.04. The van der Waals surface area contributed by atoms with E-state index in [1.807, 2.05) is 19.1 Å². The van der Waals surface area contributed by atoms with Gasteiger partial charge in [0.05, 0.1) is 6.10 Å². The number of amides is 2. The molecule has 0 spiro atoms. The minimum Gasteiger partial charge on any atom is -0.508 e. The van der Waals surface area contributed by atoms with Crippen LogP contribution in [0, 0.1) is 0 Å². The fraction of sp³-hybridized carbons (Fsp3) is 0.346. The molecule has 7 nitrogen and oxygen atoms in total. The fourth-order valence-electron chi connectivity index (χ4n) is 4.45. The second-order valence-corrected chi connectivity index (χ2v) is 8.69. The van der Waals surface area contributed by atoms with Crippen molar-refractivity contribution in [3.05, 3.63) is 71.8 Å². The van der Waals surface area contributed by atoms with Crippen molar-refractivity contribution >= 4 is 23.2 Å². The predicted molar refractivity (Wildman–Crippen MR) is 124 cm³/mol. The van der Waals surface area contributed by atoms with Crippen LogP contribution in [0.25, 0.3) is 5.57 Å². The number of phenolic OH excluding ortho intramolecular Hbond substituents is 1. The number of benzene rings is 2. The van der Waals surface area contributed by atoms with Gasteiger partial charge in [0, 0.05) is 18.5 Å². The van der Waals surface area contributed by atoms with Crippen LogP contribution >= 0.6 is 0 Å². The van der Waals surface area contributed by atoms with Crippen molar-refractivity contribution < 1.29 is 24.2 Å². The van der Waals surface area contributed by atoms with Gasteiger partial charge in [0.2, 0.25) is 5.91 Å². The molecule has 4 rings (SSSR count). The fourth-order valence-corrected chi connectivity index (χ4v) is 4.45. The third kappa shape index (κ3) is 4.98. The van der Waals surface area contributed by atoms with Crippen LogP contribution in [0.5, 0.6) is 5.75 Å². The molecule has 172 valence electrons. The lowest BCUT2D eigenvalue weighted by molar-refractivity contribution is -0.142. The van der Waals surface area contributed by atoms with Crippen LogP contribution in [0.15, 0.2) is 55.1 Å². The van der Waals surface area contributed by atoms with Crippen LogP contribution in [0.2, 0.25) is 0 Å². The molecule has 2 fully saturated rings. The Morgan fingerprint density at radius 3 is 2.48 bits per heavy atom. The molecule has 2 aromatic rings. The number of nitrogens with zero attached hydrogens (tertiary/aromatic N) is 1. The van der Waals surface area contributed by atoms with Gasteiger partial charge in [-0.2, -0.15) is 0 Å². The summed E-state index contributed by atoms with van der Waals surface area (Å²) in [7, 11) is 0. The van der Waals surface area contributed by atoms with E-state index >= 15 is 0 Å². The third-order valence-electron chi connectivity index (χ3n) is 6.25. The van der Waals surface area contributed by atoms with Crippen molar-refractivity contribution in [1.82, 2.24) is 10.2 Å². The Morgan fingerprint density at radius 1 is 1.15 bits per heavy atom. The van der Waals surface area contributed by atoms with E-state index in [4.69, 9.17) is 4.74 Å². The zero-order chi connectivity index (χ0) is 23.5. The number of carbonyl (C=O) groups excluding carboxylic acids is 3. The molecule has 0 aliphatic carbocycles. The molecule has 3 atom stereocenters. The molecule has 0 saturated carbocycles. The van der Waals surface area contributed by atoms with E-state index in [0.717, 1.165) is 29.5 Å². The highest BCUT2D eigenvalue weighted by Gasteiger charge is 2.45. The maximum absolute atomic E-state index is 13.6. The first-order chi connectivity index (χ1) is 15.8. The van der Waals surface area contributed by atoms with Crippen LogP contribution in [-0.2, 0) is 20.7 Å². The first-order valence-corrected chi connectivity index (χ1v) is 11.1. The second kappa shape index (κ2) is 9.58.